The maximum absolute atomic E-state index is 14.6. The summed E-state index contributed by atoms with van der Waals surface area (Å²) in [5, 5.41) is 4.69. The van der Waals surface area contributed by atoms with Gasteiger partial charge in [0.05, 0.1) is 36.8 Å². The Balaban J connectivity index is 1.13. The maximum atomic E-state index is 14.6. The molecule has 3 fully saturated rings. The van der Waals surface area contributed by atoms with Crippen molar-refractivity contribution in [2.75, 3.05) is 75.9 Å². The van der Waals surface area contributed by atoms with E-state index >= 15 is 0 Å². The number of anilines is 2. The number of piperidine rings is 1. The number of alkyl halides is 2. The maximum Gasteiger partial charge on any atom is 0.281 e. The van der Waals surface area contributed by atoms with Crippen molar-refractivity contribution in [1.82, 2.24) is 24.6 Å². The third-order valence-electron chi connectivity index (χ3n) is 10.7. The highest BCUT2D eigenvalue weighted by atomic mass is 19.3. The number of carbonyl (C=O) groups excluding carboxylic acids is 1. The minimum absolute atomic E-state index is 0.0225. The topological polar surface area (TPSA) is 79.2 Å². The summed E-state index contributed by atoms with van der Waals surface area (Å²) in [5.41, 5.74) is 2.90. The fourth-order valence-electron chi connectivity index (χ4n) is 8.30. The molecule has 12 heteroatoms. The average molecular weight is 624 g/mol. The molecule has 2 aromatic heterocycles. The van der Waals surface area contributed by atoms with Gasteiger partial charge in [0, 0.05) is 82.6 Å². The first-order valence-corrected chi connectivity index (χ1v) is 16.1. The number of rotatable bonds is 6. The molecule has 0 saturated carbocycles. The summed E-state index contributed by atoms with van der Waals surface area (Å²) in [6.45, 7) is 13.9. The van der Waals surface area contributed by atoms with E-state index < -0.39 is 12.0 Å². The van der Waals surface area contributed by atoms with Gasteiger partial charge in [-0.3, -0.25) is 14.4 Å². The molecule has 5 atom stereocenters. The predicted octanol–water partition coefficient (Wildman–Crippen LogP) is 3.79. The first-order valence-electron chi connectivity index (χ1n) is 16.1. The van der Waals surface area contributed by atoms with Gasteiger partial charge in [-0.05, 0) is 31.4 Å². The normalized spacial score (nSPS) is 29.7. The van der Waals surface area contributed by atoms with Crippen LogP contribution in [-0.4, -0.2) is 109 Å². The van der Waals surface area contributed by atoms with E-state index in [4.69, 9.17) is 14.6 Å². The monoisotopic (exact) mass is 623 g/mol. The molecular formula is C33H43F2N7O3. The van der Waals surface area contributed by atoms with Crippen molar-refractivity contribution in [2.24, 2.45) is 5.92 Å². The summed E-state index contributed by atoms with van der Waals surface area (Å²) >= 11 is 0. The summed E-state index contributed by atoms with van der Waals surface area (Å²) in [5.74, 6) is 0.644. The third kappa shape index (κ3) is 4.96. The fraction of sp³-hybridized carbons (Fsp3) is 0.606. The number of halogens is 2. The van der Waals surface area contributed by atoms with E-state index in [1.165, 1.54) is 6.08 Å². The molecular weight excluding hydrogens is 580 g/mol. The van der Waals surface area contributed by atoms with Gasteiger partial charge in [0.25, 0.3) is 6.43 Å². The van der Waals surface area contributed by atoms with Gasteiger partial charge in [-0.2, -0.15) is 5.10 Å². The molecule has 3 saturated heterocycles. The Kier molecular flexibility index (Phi) is 7.94. The van der Waals surface area contributed by atoms with Crippen LogP contribution in [0.4, 0.5) is 20.3 Å². The molecule has 1 spiro atoms. The van der Waals surface area contributed by atoms with Crippen LogP contribution >= 0.6 is 0 Å². The standard InChI is InChI=1S/C33H43F2N7O3/c1-5-29(43)39-13-11-38(12-14-39)27-18-41-25(27)8-6-7-24-26(41)15-28(37-30(24)32(34)35)40-10-9-33(22(3)17-40)31-21(2)16-36-42(31)23(19-44-4)20-45-33/h5-7,15-16,22-23,25,27,32H,1,8-14,17-20H2,2-4H3/t22-,23+,25?,27+,33+/m0/s1. The number of pyridine rings is 1. The molecule has 0 aromatic carbocycles. The quantitative estimate of drug-likeness (QED) is 0.450. The van der Waals surface area contributed by atoms with Gasteiger partial charge < -0.3 is 24.2 Å². The lowest BCUT2D eigenvalue weighted by Crippen LogP contribution is -2.69. The van der Waals surface area contributed by atoms with Crippen LogP contribution < -0.4 is 9.80 Å². The van der Waals surface area contributed by atoms with E-state index in [1.807, 2.05) is 29.3 Å². The molecule has 1 amide bonds. The average Bonchev–Trinajstić information content (AvgIpc) is 3.37. The van der Waals surface area contributed by atoms with Gasteiger partial charge in [-0.15, -0.1) is 0 Å². The highest BCUT2D eigenvalue weighted by Crippen LogP contribution is 2.48. The Labute approximate surface area is 263 Å². The molecule has 242 valence electrons. The number of hydrogen-bond acceptors (Lipinski definition) is 8. The number of fused-ring (bicyclic) bond motifs is 5. The van der Waals surface area contributed by atoms with Crippen molar-refractivity contribution in [3.05, 3.63) is 53.5 Å². The van der Waals surface area contributed by atoms with E-state index in [0.29, 0.717) is 63.2 Å². The van der Waals surface area contributed by atoms with Crippen LogP contribution in [0.3, 0.4) is 0 Å². The van der Waals surface area contributed by atoms with Gasteiger partial charge in [0.2, 0.25) is 5.91 Å². The molecule has 1 unspecified atom stereocenters. The zero-order valence-electron chi connectivity index (χ0n) is 26.4. The SMILES string of the molecule is C=CC(=O)N1CCN([C@@H]2CN3c4cc(N5CC[C@@]6(OC[C@@H](COC)n7ncc(C)c76)[C@@H](C)C5)nc(C(F)F)c4C=CCC23)CC1. The van der Waals surface area contributed by atoms with Crippen molar-refractivity contribution in [3.63, 3.8) is 0 Å². The van der Waals surface area contributed by atoms with Crippen molar-refractivity contribution < 1.29 is 23.0 Å². The largest absolute Gasteiger partial charge is 0.382 e. The van der Waals surface area contributed by atoms with Gasteiger partial charge in [0.15, 0.2) is 0 Å². The summed E-state index contributed by atoms with van der Waals surface area (Å²) in [7, 11) is 1.69. The smallest absolute Gasteiger partial charge is 0.281 e. The highest BCUT2D eigenvalue weighted by molar-refractivity contribution is 5.87. The number of carbonyl (C=O) groups is 1. The lowest BCUT2D eigenvalue weighted by molar-refractivity contribution is -0.143. The number of hydrogen-bond donors (Lipinski definition) is 0. The summed E-state index contributed by atoms with van der Waals surface area (Å²) in [6.07, 6.45) is 5.95. The Bertz CT molecular complexity index is 1490. The lowest BCUT2D eigenvalue weighted by Gasteiger charge is -2.55. The van der Waals surface area contributed by atoms with Crippen LogP contribution in [0.5, 0.6) is 0 Å². The van der Waals surface area contributed by atoms with Gasteiger partial charge in [0.1, 0.15) is 17.1 Å². The minimum atomic E-state index is -2.68. The molecule has 7 rings (SSSR count). The van der Waals surface area contributed by atoms with Crippen molar-refractivity contribution in [1.29, 1.82) is 0 Å². The van der Waals surface area contributed by atoms with Crippen LogP contribution in [0.2, 0.25) is 0 Å². The van der Waals surface area contributed by atoms with Gasteiger partial charge >= 0.3 is 0 Å². The van der Waals surface area contributed by atoms with E-state index in [0.717, 1.165) is 43.0 Å². The zero-order valence-corrected chi connectivity index (χ0v) is 26.4. The highest BCUT2D eigenvalue weighted by Gasteiger charge is 2.50. The Morgan fingerprint density at radius 3 is 2.73 bits per heavy atom. The second kappa shape index (κ2) is 11.8. The molecule has 2 aromatic rings. The molecule has 7 heterocycles. The van der Waals surface area contributed by atoms with Crippen molar-refractivity contribution >= 4 is 23.5 Å². The van der Waals surface area contributed by atoms with Crippen molar-refractivity contribution in [3.8, 4) is 0 Å². The number of methoxy groups -OCH3 is 1. The minimum Gasteiger partial charge on any atom is -0.382 e. The molecule has 0 bridgehead atoms. The van der Waals surface area contributed by atoms with E-state index in [2.05, 4.69) is 44.8 Å². The number of amides is 1. The molecule has 5 aliphatic heterocycles. The molecule has 5 aliphatic rings. The van der Waals surface area contributed by atoms with Crippen molar-refractivity contribution in [2.45, 2.75) is 56.8 Å². The van der Waals surface area contributed by atoms with Gasteiger partial charge in [-0.25, -0.2) is 13.8 Å². The van der Waals surface area contributed by atoms with Crippen LogP contribution in [-0.2, 0) is 19.9 Å². The van der Waals surface area contributed by atoms with Crippen LogP contribution in [0.25, 0.3) is 6.08 Å². The molecule has 0 N–H and O–H groups in total. The summed E-state index contributed by atoms with van der Waals surface area (Å²) < 4.78 is 43.4. The first kappa shape index (κ1) is 30.3. The third-order valence-corrected chi connectivity index (χ3v) is 10.7. The number of ether oxygens (including phenoxy) is 2. The van der Waals surface area contributed by atoms with Crippen LogP contribution in [0, 0.1) is 12.8 Å². The van der Waals surface area contributed by atoms with E-state index in [-0.39, 0.29) is 29.6 Å². The molecule has 10 nitrogen and oxygen atoms in total. The number of nitrogens with zero attached hydrogens (tertiary/aromatic N) is 7. The Hall–Kier alpha value is -3.35. The Morgan fingerprint density at radius 2 is 2.02 bits per heavy atom. The number of piperazine rings is 1. The molecule has 0 radical (unpaired) electrons. The summed E-state index contributed by atoms with van der Waals surface area (Å²) in [4.78, 5) is 25.4. The first-order chi connectivity index (χ1) is 21.8. The van der Waals surface area contributed by atoms with Gasteiger partial charge in [-0.1, -0.05) is 25.7 Å². The zero-order chi connectivity index (χ0) is 31.5. The second-order valence-electron chi connectivity index (χ2n) is 13.1. The fourth-order valence-corrected chi connectivity index (χ4v) is 8.30. The van der Waals surface area contributed by atoms with Crippen LogP contribution in [0.1, 0.15) is 54.7 Å². The molecule has 0 aliphatic carbocycles. The van der Waals surface area contributed by atoms with E-state index in [1.54, 1.807) is 7.11 Å². The number of aromatic nitrogens is 3. The van der Waals surface area contributed by atoms with E-state index in [9.17, 15) is 13.6 Å². The summed E-state index contributed by atoms with van der Waals surface area (Å²) in [6, 6.07) is 2.54. The number of aryl methyl sites for hydroxylation is 1. The molecule has 45 heavy (non-hydrogen) atoms. The second-order valence-corrected chi connectivity index (χ2v) is 13.1. The Morgan fingerprint density at radius 1 is 1.22 bits per heavy atom. The van der Waals surface area contributed by atoms with Crippen LogP contribution in [0.15, 0.2) is 31.0 Å². The predicted molar refractivity (Wildman–Crippen MR) is 168 cm³/mol. The lowest BCUT2D eigenvalue weighted by atomic mass is 9.77.